The van der Waals surface area contributed by atoms with Crippen molar-refractivity contribution >= 4 is 17.2 Å². The molecule has 0 aliphatic rings. The SMILES string of the molecule is CC/C=C(\c1ccc(Cl)cc1)c1ccccn1. The van der Waals surface area contributed by atoms with Crippen molar-refractivity contribution in [3.05, 3.63) is 71.0 Å². The van der Waals surface area contributed by atoms with Gasteiger partial charge in [-0.1, -0.05) is 42.8 Å². The summed E-state index contributed by atoms with van der Waals surface area (Å²) in [4.78, 5) is 4.40. The molecule has 1 nitrogen and oxygen atoms in total. The van der Waals surface area contributed by atoms with Crippen molar-refractivity contribution in [1.82, 2.24) is 4.98 Å². The highest BCUT2D eigenvalue weighted by molar-refractivity contribution is 6.30. The van der Waals surface area contributed by atoms with Crippen LogP contribution in [0.15, 0.2) is 54.7 Å². The Bertz CT molecular complexity index is 500. The number of halogens is 1. The Hall–Kier alpha value is -1.60. The Morgan fingerprint density at radius 2 is 1.94 bits per heavy atom. The first-order valence-electron chi connectivity index (χ1n) is 5.68. The summed E-state index contributed by atoms with van der Waals surface area (Å²) in [5, 5.41) is 0.755. The van der Waals surface area contributed by atoms with E-state index in [1.807, 2.05) is 48.7 Å². The molecular formula is C15H14ClN. The van der Waals surface area contributed by atoms with Gasteiger partial charge < -0.3 is 0 Å². The molecule has 86 valence electrons. The Balaban J connectivity index is 2.44. The maximum Gasteiger partial charge on any atom is 0.0704 e. The van der Waals surface area contributed by atoms with E-state index in [1.54, 1.807) is 0 Å². The van der Waals surface area contributed by atoms with E-state index in [9.17, 15) is 0 Å². The minimum Gasteiger partial charge on any atom is -0.256 e. The molecule has 1 aromatic heterocycles. The van der Waals surface area contributed by atoms with Gasteiger partial charge in [-0.25, -0.2) is 0 Å². The van der Waals surface area contributed by atoms with Crippen LogP contribution in [0, 0.1) is 0 Å². The normalized spacial score (nSPS) is 11.5. The van der Waals surface area contributed by atoms with Crippen molar-refractivity contribution in [2.24, 2.45) is 0 Å². The third-order valence-corrected chi connectivity index (χ3v) is 2.76. The molecule has 0 spiro atoms. The molecule has 2 rings (SSSR count). The van der Waals surface area contributed by atoms with Crippen LogP contribution in [-0.2, 0) is 0 Å². The zero-order chi connectivity index (χ0) is 12.1. The largest absolute Gasteiger partial charge is 0.256 e. The summed E-state index contributed by atoms with van der Waals surface area (Å²) in [5.74, 6) is 0. The monoisotopic (exact) mass is 243 g/mol. The molecule has 0 bridgehead atoms. The molecule has 1 heterocycles. The van der Waals surface area contributed by atoms with Gasteiger partial charge in [-0.05, 0) is 36.2 Å². The van der Waals surface area contributed by atoms with E-state index >= 15 is 0 Å². The zero-order valence-electron chi connectivity index (χ0n) is 9.73. The summed E-state index contributed by atoms with van der Waals surface area (Å²) in [6.07, 6.45) is 4.98. The number of benzene rings is 1. The molecule has 0 amide bonds. The number of hydrogen-bond acceptors (Lipinski definition) is 1. The van der Waals surface area contributed by atoms with E-state index in [4.69, 9.17) is 11.6 Å². The smallest absolute Gasteiger partial charge is 0.0704 e. The summed E-state index contributed by atoms with van der Waals surface area (Å²) in [6, 6.07) is 13.8. The van der Waals surface area contributed by atoms with Gasteiger partial charge in [0.15, 0.2) is 0 Å². The second-order valence-corrected chi connectivity index (χ2v) is 4.18. The molecule has 0 aliphatic heterocycles. The van der Waals surface area contributed by atoms with Crippen molar-refractivity contribution < 1.29 is 0 Å². The molecule has 1 aromatic carbocycles. The summed E-state index contributed by atoms with van der Waals surface area (Å²) >= 11 is 5.90. The predicted octanol–water partition coefficient (Wildman–Crippen LogP) is 4.58. The fourth-order valence-corrected chi connectivity index (χ4v) is 1.85. The maximum absolute atomic E-state index is 5.90. The van der Waals surface area contributed by atoms with E-state index in [1.165, 1.54) is 0 Å². The van der Waals surface area contributed by atoms with Crippen molar-refractivity contribution in [2.75, 3.05) is 0 Å². The highest BCUT2D eigenvalue weighted by atomic mass is 35.5. The minimum absolute atomic E-state index is 0.755. The van der Waals surface area contributed by atoms with Gasteiger partial charge in [0, 0.05) is 16.8 Å². The Kier molecular flexibility index (Phi) is 3.94. The first kappa shape index (κ1) is 11.9. The number of aromatic nitrogens is 1. The lowest BCUT2D eigenvalue weighted by Crippen LogP contribution is -1.90. The summed E-state index contributed by atoms with van der Waals surface area (Å²) in [7, 11) is 0. The van der Waals surface area contributed by atoms with Gasteiger partial charge in [-0.15, -0.1) is 0 Å². The van der Waals surface area contributed by atoms with E-state index in [0.29, 0.717) is 0 Å². The third kappa shape index (κ3) is 2.95. The van der Waals surface area contributed by atoms with Crippen molar-refractivity contribution in [3.8, 4) is 0 Å². The molecule has 0 unspecified atom stereocenters. The van der Waals surface area contributed by atoms with Crippen LogP contribution in [0.3, 0.4) is 0 Å². The van der Waals surface area contributed by atoms with Gasteiger partial charge >= 0.3 is 0 Å². The van der Waals surface area contributed by atoms with Crippen LogP contribution in [0.4, 0.5) is 0 Å². The Labute approximate surface area is 107 Å². The van der Waals surface area contributed by atoms with Crippen molar-refractivity contribution in [2.45, 2.75) is 13.3 Å². The van der Waals surface area contributed by atoms with E-state index in [2.05, 4.69) is 18.0 Å². The molecule has 0 saturated carbocycles. The molecule has 17 heavy (non-hydrogen) atoms. The highest BCUT2D eigenvalue weighted by Gasteiger charge is 2.04. The fraction of sp³-hybridized carbons (Fsp3) is 0.133. The maximum atomic E-state index is 5.90. The van der Waals surface area contributed by atoms with E-state index in [-0.39, 0.29) is 0 Å². The van der Waals surface area contributed by atoms with Crippen LogP contribution in [0.1, 0.15) is 24.6 Å². The molecule has 0 radical (unpaired) electrons. The lowest BCUT2D eigenvalue weighted by atomic mass is 10.0. The van der Waals surface area contributed by atoms with Crippen LogP contribution in [0.25, 0.3) is 5.57 Å². The number of pyridine rings is 1. The number of rotatable bonds is 3. The summed E-state index contributed by atoms with van der Waals surface area (Å²) in [5.41, 5.74) is 3.30. The number of allylic oxidation sites excluding steroid dienone is 1. The molecule has 0 atom stereocenters. The van der Waals surface area contributed by atoms with Gasteiger partial charge in [-0.2, -0.15) is 0 Å². The molecule has 0 aliphatic carbocycles. The van der Waals surface area contributed by atoms with Crippen LogP contribution in [0.2, 0.25) is 5.02 Å². The molecular weight excluding hydrogens is 230 g/mol. The van der Waals surface area contributed by atoms with Crippen molar-refractivity contribution in [3.63, 3.8) is 0 Å². The molecule has 0 fully saturated rings. The quantitative estimate of drug-likeness (QED) is 0.769. The van der Waals surface area contributed by atoms with Gasteiger partial charge in [0.2, 0.25) is 0 Å². The first-order valence-corrected chi connectivity index (χ1v) is 6.06. The highest BCUT2D eigenvalue weighted by Crippen LogP contribution is 2.23. The zero-order valence-corrected chi connectivity index (χ0v) is 10.5. The average molecular weight is 244 g/mol. The van der Waals surface area contributed by atoms with Gasteiger partial charge in [0.1, 0.15) is 0 Å². The molecule has 2 aromatic rings. The number of hydrogen-bond donors (Lipinski definition) is 0. The second-order valence-electron chi connectivity index (χ2n) is 3.75. The lowest BCUT2D eigenvalue weighted by Gasteiger charge is -2.07. The van der Waals surface area contributed by atoms with Gasteiger partial charge in [0.05, 0.1) is 5.69 Å². The fourth-order valence-electron chi connectivity index (χ4n) is 1.73. The molecule has 2 heteroatoms. The predicted molar refractivity (Wildman–Crippen MR) is 73.1 cm³/mol. The topological polar surface area (TPSA) is 12.9 Å². The minimum atomic E-state index is 0.755. The van der Waals surface area contributed by atoms with Crippen LogP contribution < -0.4 is 0 Å². The van der Waals surface area contributed by atoms with Gasteiger partial charge in [-0.3, -0.25) is 4.98 Å². The summed E-state index contributed by atoms with van der Waals surface area (Å²) in [6.45, 7) is 2.12. The van der Waals surface area contributed by atoms with Crippen LogP contribution in [0.5, 0.6) is 0 Å². The van der Waals surface area contributed by atoms with E-state index in [0.717, 1.165) is 28.3 Å². The summed E-state index contributed by atoms with van der Waals surface area (Å²) < 4.78 is 0. The molecule has 0 N–H and O–H groups in total. The Morgan fingerprint density at radius 3 is 2.53 bits per heavy atom. The van der Waals surface area contributed by atoms with Crippen LogP contribution in [-0.4, -0.2) is 4.98 Å². The average Bonchev–Trinajstić information content (AvgIpc) is 2.38. The number of nitrogens with zero attached hydrogens (tertiary/aromatic N) is 1. The third-order valence-electron chi connectivity index (χ3n) is 2.50. The standard InChI is InChI=1S/C15H14ClN/c1-2-5-14(15-6-3-4-11-17-15)12-7-9-13(16)10-8-12/h3-11H,2H2,1H3/b14-5+. The lowest BCUT2D eigenvalue weighted by molar-refractivity contribution is 1.20. The van der Waals surface area contributed by atoms with Crippen molar-refractivity contribution in [1.29, 1.82) is 0 Å². The van der Waals surface area contributed by atoms with E-state index < -0.39 is 0 Å². The first-order chi connectivity index (χ1) is 8.31. The van der Waals surface area contributed by atoms with Gasteiger partial charge in [0.25, 0.3) is 0 Å². The Morgan fingerprint density at radius 1 is 1.18 bits per heavy atom. The molecule has 0 saturated heterocycles. The van der Waals surface area contributed by atoms with Crippen LogP contribution >= 0.6 is 11.6 Å². The second kappa shape index (κ2) is 5.65.